The van der Waals surface area contributed by atoms with Crippen LogP contribution in [0.15, 0.2) is 41.9 Å². The second-order valence-electron chi connectivity index (χ2n) is 4.63. The highest BCUT2D eigenvalue weighted by Crippen LogP contribution is 2.25. The minimum atomic E-state index is 0.932. The van der Waals surface area contributed by atoms with Gasteiger partial charge in [-0.15, -0.1) is 11.3 Å². The first-order valence-electron chi connectivity index (χ1n) is 6.47. The SMILES string of the molecule is Cn1nccc1CCNCc1csc2ccccc12. The van der Waals surface area contributed by atoms with Crippen LogP contribution in [0.3, 0.4) is 0 Å². The molecule has 0 aliphatic rings. The number of nitrogens with one attached hydrogen (secondary N) is 1. The largest absolute Gasteiger partial charge is 0.312 e. The van der Waals surface area contributed by atoms with Crippen LogP contribution in [0.25, 0.3) is 10.1 Å². The fourth-order valence-corrected chi connectivity index (χ4v) is 3.22. The van der Waals surface area contributed by atoms with Gasteiger partial charge in [-0.1, -0.05) is 18.2 Å². The summed E-state index contributed by atoms with van der Waals surface area (Å²) in [6.45, 7) is 1.91. The lowest BCUT2D eigenvalue weighted by molar-refractivity contribution is 0.645. The molecule has 0 unspecified atom stereocenters. The quantitative estimate of drug-likeness (QED) is 0.723. The maximum absolute atomic E-state index is 4.18. The van der Waals surface area contributed by atoms with Crippen LogP contribution in [0, 0.1) is 0 Å². The van der Waals surface area contributed by atoms with Crippen molar-refractivity contribution in [1.82, 2.24) is 15.1 Å². The van der Waals surface area contributed by atoms with Gasteiger partial charge >= 0.3 is 0 Å². The zero-order valence-electron chi connectivity index (χ0n) is 11.0. The summed E-state index contributed by atoms with van der Waals surface area (Å²) >= 11 is 1.82. The van der Waals surface area contributed by atoms with Crippen LogP contribution < -0.4 is 5.32 Å². The standard InChI is InChI=1S/C15H17N3S/c1-18-13(7-9-17-18)6-8-16-10-12-11-19-15-5-3-2-4-14(12)15/h2-5,7,9,11,16H,6,8,10H2,1H3. The Bertz CT molecular complexity index is 669. The van der Waals surface area contributed by atoms with E-state index in [4.69, 9.17) is 0 Å². The molecule has 3 rings (SSSR count). The van der Waals surface area contributed by atoms with Gasteiger partial charge in [0.1, 0.15) is 0 Å². The van der Waals surface area contributed by atoms with Crippen molar-refractivity contribution in [3.63, 3.8) is 0 Å². The van der Waals surface area contributed by atoms with Crippen molar-refractivity contribution in [1.29, 1.82) is 0 Å². The summed E-state index contributed by atoms with van der Waals surface area (Å²) in [5.74, 6) is 0. The van der Waals surface area contributed by atoms with E-state index in [0.29, 0.717) is 0 Å². The number of rotatable bonds is 5. The third-order valence-electron chi connectivity index (χ3n) is 3.36. The number of hydrogen-bond acceptors (Lipinski definition) is 3. The van der Waals surface area contributed by atoms with Crippen molar-refractivity contribution < 1.29 is 0 Å². The molecular weight excluding hydrogens is 254 g/mol. The molecule has 0 atom stereocenters. The molecule has 3 nitrogen and oxygen atoms in total. The molecule has 2 heterocycles. The van der Waals surface area contributed by atoms with Gasteiger partial charge in [0.15, 0.2) is 0 Å². The Labute approximate surface area is 116 Å². The van der Waals surface area contributed by atoms with Gasteiger partial charge in [0.2, 0.25) is 0 Å². The van der Waals surface area contributed by atoms with E-state index in [9.17, 15) is 0 Å². The number of aromatic nitrogens is 2. The molecule has 19 heavy (non-hydrogen) atoms. The van der Waals surface area contributed by atoms with Crippen LogP contribution in [0.4, 0.5) is 0 Å². The molecule has 0 saturated carbocycles. The predicted octanol–water partition coefficient (Wildman–Crippen LogP) is 2.97. The first-order valence-corrected chi connectivity index (χ1v) is 7.35. The molecule has 0 saturated heterocycles. The summed E-state index contributed by atoms with van der Waals surface area (Å²) < 4.78 is 3.30. The Morgan fingerprint density at radius 1 is 1.26 bits per heavy atom. The summed E-state index contributed by atoms with van der Waals surface area (Å²) in [6.07, 6.45) is 2.86. The Kier molecular flexibility index (Phi) is 3.62. The Morgan fingerprint density at radius 2 is 2.16 bits per heavy atom. The number of hydrogen-bond donors (Lipinski definition) is 1. The van der Waals surface area contributed by atoms with Crippen LogP contribution in [0.2, 0.25) is 0 Å². The molecule has 0 bridgehead atoms. The van der Waals surface area contributed by atoms with E-state index in [-0.39, 0.29) is 0 Å². The zero-order chi connectivity index (χ0) is 13.1. The van der Waals surface area contributed by atoms with Gasteiger partial charge in [0.25, 0.3) is 0 Å². The first-order chi connectivity index (χ1) is 9.34. The second kappa shape index (κ2) is 5.55. The highest BCUT2D eigenvalue weighted by Gasteiger charge is 2.03. The van der Waals surface area contributed by atoms with E-state index >= 15 is 0 Å². The second-order valence-corrected chi connectivity index (χ2v) is 5.54. The predicted molar refractivity (Wildman–Crippen MR) is 80.4 cm³/mol. The smallest absolute Gasteiger partial charge is 0.0492 e. The molecule has 98 valence electrons. The van der Waals surface area contributed by atoms with Gasteiger partial charge in [-0.25, -0.2) is 0 Å². The highest BCUT2D eigenvalue weighted by atomic mass is 32.1. The summed E-state index contributed by atoms with van der Waals surface area (Å²) in [7, 11) is 1.99. The van der Waals surface area contributed by atoms with Gasteiger partial charge in [-0.05, 0) is 28.5 Å². The molecular formula is C15H17N3S. The van der Waals surface area contributed by atoms with E-state index in [1.807, 2.05) is 29.3 Å². The normalized spacial score (nSPS) is 11.2. The number of benzene rings is 1. The Morgan fingerprint density at radius 3 is 3.00 bits per heavy atom. The van der Waals surface area contributed by atoms with E-state index < -0.39 is 0 Å². The number of fused-ring (bicyclic) bond motifs is 1. The molecule has 0 amide bonds. The van der Waals surface area contributed by atoms with Crippen LogP contribution >= 0.6 is 11.3 Å². The Balaban J connectivity index is 1.57. The zero-order valence-corrected chi connectivity index (χ0v) is 11.8. The number of thiophene rings is 1. The van der Waals surface area contributed by atoms with E-state index in [1.54, 1.807) is 0 Å². The minimum Gasteiger partial charge on any atom is -0.312 e. The first kappa shape index (κ1) is 12.4. The topological polar surface area (TPSA) is 29.9 Å². The fraction of sp³-hybridized carbons (Fsp3) is 0.267. The van der Waals surface area contributed by atoms with E-state index in [0.717, 1.165) is 19.5 Å². The molecule has 4 heteroatoms. The van der Waals surface area contributed by atoms with Crippen molar-refractivity contribution in [2.75, 3.05) is 6.54 Å². The molecule has 0 spiro atoms. The summed E-state index contributed by atoms with van der Waals surface area (Å²) in [5.41, 5.74) is 2.66. The van der Waals surface area contributed by atoms with E-state index in [1.165, 1.54) is 21.3 Å². The van der Waals surface area contributed by atoms with Gasteiger partial charge in [0, 0.05) is 43.1 Å². The van der Waals surface area contributed by atoms with Crippen molar-refractivity contribution in [3.05, 3.63) is 53.2 Å². The molecule has 2 aromatic heterocycles. The van der Waals surface area contributed by atoms with Gasteiger partial charge in [-0.2, -0.15) is 5.10 Å². The average molecular weight is 271 g/mol. The number of aryl methyl sites for hydroxylation is 1. The number of nitrogens with zero attached hydrogens (tertiary/aromatic N) is 2. The lowest BCUT2D eigenvalue weighted by atomic mass is 10.2. The van der Waals surface area contributed by atoms with Crippen LogP contribution in [-0.4, -0.2) is 16.3 Å². The molecule has 0 fully saturated rings. The van der Waals surface area contributed by atoms with Crippen molar-refractivity contribution in [2.24, 2.45) is 7.05 Å². The fourth-order valence-electron chi connectivity index (χ4n) is 2.26. The molecule has 0 aliphatic heterocycles. The van der Waals surface area contributed by atoms with Gasteiger partial charge in [-0.3, -0.25) is 4.68 Å². The lowest BCUT2D eigenvalue weighted by Crippen LogP contribution is -2.17. The summed E-state index contributed by atoms with van der Waals surface area (Å²) in [6, 6.07) is 10.7. The van der Waals surface area contributed by atoms with Crippen molar-refractivity contribution in [2.45, 2.75) is 13.0 Å². The average Bonchev–Trinajstić information content (AvgIpc) is 3.02. The van der Waals surface area contributed by atoms with Gasteiger partial charge in [0.05, 0.1) is 0 Å². The highest BCUT2D eigenvalue weighted by molar-refractivity contribution is 7.17. The maximum Gasteiger partial charge on any atom is 0.0492 e. The van der Waals surface area contributed by atoms with Crippen LogP contribution in [0.5, 0.6) is 0 Å². The molecule has 1 N–H and O–H groups in total. The lowest BCUT2D eigenvalue weighted by Gasteiger charge is -2.04. The van der Waals surface area contributed by atoms with Crippen molar-refractivity contribution in [3.8, 4) is 0 Å². The van der Waals surface area contributed by atoms with Crippen LogP contribution in [-0.2, 0) is 20.0 Å². The van der Waals surface area contributed by atoms with Gasteiger partial charge < -0.3 is 5.32 Å². The maximum atomic E-state index is 4.18. The molecule has 3 aromatic rings. The molecule has 1 aromatic carbocycles. The molecule has 0 radical (unpaired) electrons. The monoisotopic (exact) mass is 271 g/mol. The summed E-state index contributed by atoms with van der Waals surface area (Å²) in [5, 5.41) is 11.3. The Hall–Kier alpha value is -1.65. The van der Waals surface area contributed by atoms with Crippen molar-refractivity contribution >= 4 is 21.4 Å². The summed E-state index contributed by atoms with van der Waals surface area (Å²) in [4.78, 5) is 0. The third-order valence-corrected chi connectivity index (χ3v) is 4.37. The molecule has 0 aliphatic carbocycles. The van der Waals surface area contributed by atoms with E-state index in [2.05, 4.69) is 46.1 Å². The third kappa shape index (κ3) is 2.69. The minimum absolute atomic E-state index is 0.932. The van der Waals surface area contributed by atoms with Crippen LogP contribution in [0.1, 0.15) is 11.3 Å².